The van der Waals surface area contributed by atoms with E-state index in [2.05, 4.69) is 20.6 Å². The number of ketones is 1. The molecule has 28 heavy (non-hydrogen) atoms. The number of aromatic nitrogens is 5. The van der Waals surface area contributed by atoms with Crippen LogP contribution in [0.3, 0.4) is 0 Å². The third-order valence-electron chi connectivity index (χ3n) is 4.03. The monoisotopic (exact) mass is 399 g/mol. The average molecular weight is 399 g/mol. The minimum Gasteiger partial charge on any atom is -0.334 e. The van der Waals surface area contributed by atoms with Crippen LogP contribution in [0.1, 0.15) is 35.6 Å². The molecule has 9 nitrogen and oxygen atoms in total. The molecule has 3 aromatic rings. The smallest absolute Gasteiger partial charge is 0.271 e. The highest BCUT2D eigenvalue weighted by atomic mass is 32.2. The number of nitrogens with one attached hydrogen (secondary N) is 1. The highest BCUT2D eigenvalue weighted by Crippen LogP contribution is 2.23. The quantitative estimate of drug-likeness (QED) is 0.370. The summed E-state index contributed by atoms with van der Waals surface area (Å²) in [6, 6.07) is 8.71. The number of nitrogen functional groups attached to an aromatic ring is 1. The van der Waals surface area contributed by atoms with Gasteiger partial charge in [-0.1, -0.05) is 23.9 Å². The van der Waals surface area contributed by atoms with Crippen molar-refractivity contribution in [1.29, 1.82) is 0 Å². The van der Waals surface area contributed by atoms with Crippen LogP contribution in [0.5, 0.6) is 0 Å². The Morgan fingerprint density at radius 3 is 2.61 bits per heavy atom. The minimum atomic E-state index is -0.485. The number of thioether (sulfide) groups is 1. The number of rotatable bonds is 6. The molecule has 0 saturated heterocycles. The molecule has 1 aromatic carbocycles. The fraction of sp³-hybridized carbons (Fsp3) is 0.278. The van der Waals surface area contributed by atoms with Crippen molar-refractivity contribution in [2.24, 2.45) is 0 Å². The highest BCUT2D eigenvalue weighted by molar-refractivity contribution is 8.00. The van der Waals surface area contributed by atoms with Crippen molar-refractivity contribution in [2.45, 2.75) is 38.1 Å². The molecule has 0 saturated carbocycles. The maximum atomic E-state index is 12.5. The second-order valence-electron chi connectivity index (χ2n) is 6.38. The van der Waals surface area contributed by atoms with Gasteiger partial charge in [-0.15, -0.1) is 10.2 Å². The van der Waals surface area contributed by atoms with Crippen molar-refractivity contribution in [2.75, 3.05) is 11.2 Å². The topological polar surface area (TPSA) is 121 Å². The van der Waals surface area contributed by atoms with Gasteiger partial charge in [0, 0.05) is 16.9 Å². The molecule has 1 atom stereocenters. The van der Waals surface area contributed by atoms with E-state index in [1.54, 1.807) is 35.9 Å². The number of amides is 1. The number of Topliss-reactive ketones (excluding diaryl/α,β-unsaturated/α-hetero) is 1. The zero-order valence-corrected chi connectivity index (χ0v) is 16.8. The Balaban J connectivity index is 1.72. The lowest BCUT2D eigenvalue weighted by molar-refractivity contribution is -0.115. The van der Waals surface area contributed by atoms with Gasteiger partial charge in [-0.25, -0.2) is 9.36 Å². The Hall–Kier alpha value is -3.14. The molecular formula is C18H21N7O2S. The number of nitrogens with two attached hydrogens (primary N) is 1. The Kier molecular flexibility index (Phi) is 5.50. The molecule has 0 bridgehead atoms. The van der Waals surface area contributed by atoms with Crippen LogP contribution in [0.2, 0.25) is 0 Å². The number of carbonyl (C=O) groups is 2. The zero-order valence-electron chi connectivity index (χ0n) is 16.0. The lowest BCUT2D eigenvalue weighted by atomic mass is 10.1. The second kappa shape index (κ2) is 7.85. The van der Waals surface area contributed by atoms with E-state index in [0.717, 1.165) is 11.4 Å². The minimum absolute atomic E-state index is 0.0635. The van der Waals surface area contributed by atoms with Crippen molar-refractivity contribution < 1.29 is 9.59 Å². The van der Waals surface area contributed by atoms with Gasteiger partial charge in [0.15, 0.2) is 5.78 Å². The van der Waals surface area contributed by atoms with Crippen molar-refractivity contribution in [3.8, 4) is 5.95 Å². The molecule has 10 heteroatoms. The molecule has 1 unspecified atom stereocenters. The van der Waals surface area contributed by atoms with E-state index in [-0.39, 0.29) is 11.7 Å². The van der Waals surface area contributed by atoms with E-state index >= 15 is 0 Å². The fourth-order valence-electron chi connectivity index (χ4n) is 2.60. The first-order valence-corrected chi connectivity index (χ1v) is 9.47. The fourth-order valence-corrected chi connectivity index (χ4v) is 3.36. The lowest BCUT2D eigenvalue weighted by Gasteiger charge is -2.12. The van der Waals surface area contributed by atoms with Crippen LogP contribution in [-0.2, 0) is 4.79 Å². The molecule has 0 aliphatic rings. The summed E-state index contributed by atoms with van der Waals surface area (Å²) in [6.45, 7) is 7.00. The maximum Gasteiger partial charge on any atom is 0.271 e. The Labute approximate surface area is 166 Å². The number of benzene rings is 1. The van der Waals surface area contributed by atoms with Crippen LogP contribution in [-0.4, -0.2) is 41.6 Å². The first kappa shape index (κ1) is 19.6. The first-order chi connectivity index (χ1) is 13.3. The molecule has 2 aromatic heterocycles. The lowest BCUT2D eigenvalue weighted by Crippen LogP contribution is -2.24. The average Bonchev–Trinajstić information content (AvgIpc) is 3.16. The van der Waals surface area contributed by atoms with Gasteiger partial charge < -0.3 is 11.2 Å². The van der Waals surface area contributed by atoms with Crippen molar-refractivity contribution >= 4 is 29.1 Å². The van der Waals surface area contributed by atoms with Gasteiger partial charge in [0.2, 0.25) is 11.1 Å². The summed E-state index contributed by atoms with van der Waals surface area (Å²) >= 11 is 1.18. The highest BCUT2D eigenvalue weighted by Gasteiger charge is 2.21. The summed E-state index contributed by atoms with van der Waals surface area (Å²) < 4.78 is 2.91. The number of carbonyl (C=O) groups excluding carboxylic acids is 2. The number of hydrogen-bond donors (Lipinski definition) is 2. The third kappa shape index (κ3) is 4.06. The van der Waals surface area contributed by atoms with Gasteiger partial charge in [0.1, 0.15) is 0 Å². The standard InChI is InChI=1S/C18H21N7O2S/c1-10-8-11(2)25(23-10)17-21-22-18(24(17)19)28-13(4)16(27)20-15-7-5-6-14(9-15)12(3)26/h5-9,13H,19H2,1-4H3,(H,20,27). The van der Waals surface area contributed by atoms with E-state index < -0.39 is 5.25 Å². The molecule has 1 amide bonds. The summed E-state index contributed by atoms with van der Waals surface area (Å²) in [6.07, 6.45) is 0. The molecule has 3 rings (SSSR count). The molecule has 146 valence electrons. The number of anilines is 1. The zero-order chi connectivity index (χ0) is 20.4. The molecule has 0 spiro atoms. The molecule has 0 radical (unpaired) electrons. The molecule has 2 heterocycles. The van der Waals surface area contributed by atoms with Crippen LogP contribution in [0, 0.1) is 13.8 Å². The van der Waals surface area contributed by atoms with E-state index in [1.807, 2.05) is 19.9 Å². The van der Waals surface area contributed by atoms with Gasteiger partial charge in [-0.05, 0) is 45.9 Å². The summed E-state index contributed by atoms with van der Waals surface area (Å²) in [4.78, 5) is 24.0. The SMILES string of the molecule is CC(=O)c1cccc(NC(=O)C(C)Sc2nnc(-n3nc(C)cc3C)n2N)c1. The molecule has 0 fully saturated rings. The Morgan fingerprint density at radius 1 is 1.21 bits per heavy atom. The van der Waals surface area contributed by atoms with Gasteiger partial charge >= 0.3 is 0 Å². The molecule has 3 N–H and O–H groups in total. The normalized spacial score (nSPS) is 12.0. The van der Waals surface area contributed by atoms with Crippen molar-refractivity contribution in [1.82, 2.24) is 24.7 Å². The summed E-state index contributed by atoms with van der Waals surface area (Å²) in [5, 5.41) is 15.2. The maximum absolute atomic E-state index is 12.5. The van der Waals surface area contributed by atoms with Crippen LogP contribution in [0.25, 0.3) is 5.95 Å². The largest absolute Gasteiger partial charge is 0.334 e. The first-order valence-electron chi connectivity index (χ1n) is 8.59. The van der Waals surface area contributed by atoms with Gasteiger partial charge in [-0.3, -0.25) is 9.59 Å². The summed E-state index contributed by atoms with van der Waals surface area (Å²) in [5.41, 5.74) is 2.82. The number of hydrogen-bond acceptors (Lipinski definition) is 7. The third-order valence-corrected chi connectivity index (χ3v) is 5.09. The van der Waals surface area contributed by atoms with Crippen LogP contribution in [0.15, 0.2) is 35.5 Å². The van der Waals surface area contributed by atoms with Crippen LogP contribution >= 0.6 is 11.8 Å². The second-order valence-corrected chi connectivity index (χ2v) is 7.69. The summed E-state index contributed by atoms with van der Waals surface area (Å²) in [5.74, 6) is 6.18. The molecule has 0 aliphatic carbocycles. The summed E-state index contributed by atoms with van der Waals surface area (Å²) in [7, 11) is 0. The molecule has 0 aliphatic heterocycles. The van der Waals surface area contributed by atoms with E-state index in [4.69, 9.17) is 5.84 Å². The van der Waals surface area contributed by atoms with Crippen LogP contribution in [0.4, 0.5) is 5.69 Å². The Morgan fingerprint density at radius 2 is 1.96 bits per heavy atom. The predicted molar refractivity (Wildman–Crippen MR) is 107 cm³/mol. The van der Waals surface area contributed by atoms with E-state index in [1.165, 1.54) is 23.4 Å². The van der Waals surface area contributed by atoms with Gasteiger partial charge in [-0.2, -0.15) is 5.10 Å². The predicted octanol–water partition coefficient (Wildman–Crippen LogP) is 2.12. The molecular weight excluding hydrogens is 378 g/mol. The van der Waals surface area contributed by atoms with Crippen LogP contribution < -0.4 is 11.2 Å². The van der Waals surface area contributed by atoms with Gasteiger partial charge in [0.05, 0.1) is 10.9 Å². The van der Waals surface area contributed by atoms with E-state index in [9.17, 15) is 9.59 Å². The van der Waals surface area contributed by atoms with E-state index in [0.29, 0.717) is 22.4 Å². The number of nitrogens with zero attached hydrogens (tertiary/aromatic N) is 5. The number of aryl methyl sites for hydroxylation is 2. The Bertz CT molecular complexity index is 1040. The van der Waals surface area contributed by atoms with Gasteiger partial charge in [0.25, 0.3) is 5.95 Å². The van der Waals surface area contributed by atoms with Crippen molar-refractivity contribution in [3.05, 3.63) is 47.3 Å². The van der Waals surface area contributed by atoms with Crippen molar-refractivity contribution in [3.63, 3.8) is 0 Å².